The van der Waals surface area contributed by atoms with Crippen LogP contribution >= 0.6 is 11.8 Å². The van der Waals surface area contributed by atoms with Gasteiger partial charge in [0.1, 0.15) is 12.4 Å². The monoisotopic (exact) mass is 349 g/mol. The van der Waals surface area contributed by atoms with E-state index >= 15 is 0 Å². The Morgan fingerprint density at radius 3 is 2.91 bits per heavy atom. The van der Waals surface area contributed by atoms with Crippen LogP contribution in [0.5, 0.6) is 5.75 Å². The molecule has 4 nitrogen and oxygen atoms in total. The molecule has 1 atom stereocenters. The summed E-state index contributed by atoms with van der Waals surface area (Å²) in [5.41, 5.74) is -3.14. The number of anilines is 1. The van der Waals surface area contributed by atoms with Crippen LogP contribution in [0.3, 0.4) is 0 Å². The van der Waals surface area contributed by atoms with Crippen LogP contribution in [0.2, 0.25) is 0 Å². The zero-order chi connectivity index (χ0) is 16.9. The third-order valence-corrected chi connectivity index (χ3v) is 3.96. The number of rotatable bonds is 6. The van der Waals surface area contributed by atoms with Crippen molar-refractivity contribution in [3.63, 3.8) is 0 Å². The van der Waals surface area contributed by atoms with Crippen molar-refractivity contribution in [2.24, 2.45) is 0 Å². The minimum atomic E-state index is -4.43. The molecule has 0 radical (unpaired) electrons. The molecule has 1 aromatic rings. The van der Waals surface area contributed by atoms with Gasteiger partial charge in [0.05, 0.1) is 17.5 Å². The first-order chi connectivity index (χ1) is 10.8. The molecular formula is C15H18F3NO3S. The molecule has 0 aliphatic carbocycles. The highest BCUT2D eigenvalue weighted by molar-refractivity contribution is 8.00. The van der Waals surface area contributed by atoms with Crippen molar-refractivity contribution in [1.82, 2.24) is 0 Å². The van der Waals surface area contributed by atoms with E-state index in [1.807, 2.05) is 6.92 Å². The number of alkyl halides is 3. The number of carbonyl (C=O) groups is 1. The van der Waals surface area contributed by atoms with Crippen LogP contribution in [-0.4, -0.2) is 36.5 Å². The van der Waals surface area contributed by atoms with E-state index in [0.717, 1.165) is 18.4 Å². The van der Waals surface area contributed by atoms with Gasteiger partial charge in [0.15, 0.2) is 0 Å². The standard InChI is InChI=1S/C15H18F3NO3S/c1-10-4-5-12(19-14(20)9-23-15(16,17)18)13(7-10)22-8-11-3-2-6-21-11/h4-5,7,11H,2-3,6,8-9H2,1H3,(H,19,20)/t11-/m1/s1. The molecule has 0 aromatic heterocycles. The number of nitrogens with one attached hydrogen (secondary N) is 1. The molecule has 128 valence electrons. The SMILES string of the molecule is Cc1ccc(NC(=O)CSC(F)(F)F)c(OC[C@H]2CCCO2)c1. The first kappa shape index (κ1) is 17.9. The summed E-state index contributed by atoms with van der Waals surface area (Å²) in [5, 5.41) is 2.46. The smallest absolute Gasteiger partial charge is 0.442 e. The first-order valence-corrected chi connectivity index (χ1v) is 8.17. The van der Waals surface area contributed by atoms with Crippen molar-refractivity contribution < 1.29 is 27.4 Å². The van der Waals surface area contributed by atoms with Crippen molar-refractivity contribution in [2.75, 3.05) is 24.3 Å². The maximum absolute atomic E-state index is 12.1. The summed E-state index contributed by atoms with van der Waals surface area (Å²) in [5.74, 6) is -0.980. The molecule has 1 amide bonds. The Labute approximate surface area is 136 Å². The fourth-order valence-electron chi connectivity index (χ4n) is 2.14. The van der Waals surface area contributed by atoms with Crippen LogP contribution < -0.4 is 10.1 Å². The number of carbonyl (C=O) groups excluding carboxylic acids is 1. The minimum Gasteiger partial charge on any atom is -0.489 e. The van der Waals surface area contributed by atoms with E-state index in [2.05, 4.69) is 5.32 Å². The fourth-order valence-corrected chi connectivity index (χ4v) is 2.51. The Morgan fingerprint density at radius 1 is 1.48 bits per heavy atom. The van der Waals surface area contributed by atoms with E-state index in [9.17, 15) is 18.0 Å². The quantitative estimate of drug-likeness (QED) is 0.850. The fraction of sp³-hybridized carbons (Fsp3) is 0.533. The average molecular weight is 349 g/mol. The largest absolute Gasteiger partial charge is 0.489 e. The second kappa shape index (κ2) is 7.92. The number of halogens is 3. The van der Waals surface area contributed by atoms with Crippen molar-refractivity contribution in [3.8, 4) is 5.75 Å². The van der Waals surface area contributed by atoms with Gasteiger partial charge in [-0.25, -0.2) is 0 Å². The molecule has 0 bridgehead atoms. The van der Waals surface area contributed by atoms with Gasteiger partial charge in [-0.05, 0) is 49.2 Å². The average Bonchev–Trinajstić information content (AvgIpc) is 2.98. The lowest BCUT2D eigenvalue weighted by Gasteiger charge is -2.16. The van der Waals surface area contributed by atoms with Gasteiger partial charge < -0.3 is 14.8 Å². The summed E-state index contributed by atoms with van der Waals surface area (Å²) in [6, 6.07) is 5.11. The highest BCUT2D eigenvalue weighted by atomic mass is 32.2. The minimum absolute atomic E-state index is 0.0137. The van der Waals surface area contributed by atoms with Crippen molar-refractivity contribution in [1.29, 1.82) is 0 Å². The first-order valence-electron chi connectivity index (χ1n) is 7.19. The molecule has 1 saturated heterocycles. The predicted molar refractivity (Wildman–Crippen MR) is 82.8 cm³/mol. The summed E-state index contributed by atoms with van der Waals surface area (Å²) < 4.78 is 47.5. The molecule has 1 aromatic carbocycles. The number of hydrogen-bond donors (Lipinski definition) is 1. The predicted octanol–water partition coefficient (Wildman–Crippen LogP) is 3.74. The van der Waals surface area contributed by atoms with Gasteiger partial charge in [-0.3, -0.25) is 4.79 Å². The molecule has 8 heteroatoms. The van der Waals surface area contributed by atoms with E-state index in [-0.39, 0.29) is 17.9 Å². The van der Waals surface area contributed by atoms with Crippen LogP contribution in [-0.2, 0) is 9.53 Å². The number of hydrogen-bond acceptors (Lipinski definition) is 4. The van der Waals surface area contributed by atoms with Crippen LogP contribution in [0.25, 0.3) is 0 Å². The highest BCUT2D eigenvalue weighted by Crippen LogP contribution is 2.31. The number of benzene rings is 1. The Bertz CT molecular complexity index is 545. The van der Waals surface area contributed by atoms with Gasteiger partial charge >= 0.3 is 5.51 Å². The molecule has 0 spiro atoms. The third-order valence-electron chi connectivity index (χ3n) is 3.23. The van der Waals surface area contributed by atoms with E-state index in [0.29, 0.717) is 24.7 Å². The number of ether oxygens (including phenoxy) is 2. The Balaban J connectivity index is 1.95. The normalized spacial score (nSPS) is 18.0. The van der Waals surface area contributed by atoms with E-state index in [4.69, 9.17) is 9.47 Å². The second-order valence-corrected chi connectivity index (χ2v) is 6.27. The van der Waals surface area contributed by atoms with Crippen molar-refractivity contribution in [3.05, 3.63) is 23.8 Å². The number of amides is 1. The van der Waals surface area contributed by atoms with Crippen LogP contribution in [0.4, 0.5) is 18.9 Å². The molecule has 1 fully saturated rings. The third kappa shape index (κ3) is 6.31. The topological polar surface area (TPSA) is 47.6 Å². The summed E-state index contributed by atoms with van der Waals surface area (Å²) in [7, 11) is 0. The van der Waals surface area contributed by atoms with Crippen molar-refractivity contribution in [2.45, 2.75) is 31.4 Å². The molecule has 1 aliphatic rings. The molecule has 0 unspecified atom stereocenters. The zero-order valence-electron chi connectivity index (χ0n) is 12.6. The lowest BCUT2D eigenvalue weighted by Crippen LogP contribution is -2.20. The lowest BCUT2D eigenvalue weighted by atomic mass is 10.2. The van der Waals surface area contributed by atoms with E-state index < -0.39 is 17.2 Å². The van der Waals surface area contributed by atoms with Crippen LogP contribution in [0, 0.1) is 6.92 Å². The van der Waals surface area contributed by atoms with Gasteiger partial charge in [-0.1, -0.05) is 6.07 Å². The van der Waals surface area contributed by atoms with Crippen LogP contribution in [0.15, 0.2) is 18.2 Å². The Morgan fingerprint density at radius 2 is 2.26 bits per heavy atom. The van der Waals surface area contributed by atoms with Crippen molar-refractivity contribution >= 4 is 23.4 Å². The van der Waals surface area contributed by atoms with Gasteiger partial charge in [-0.15, -0.1) is 0 Å². The summed E-state index contributed by atoms with van der Waals surface area (Å²) in [6.45, 7) is 2.92. The van der Waals surface area contributed by atoms with Gasteiger partial charge in [-0.2, -0.15) is 13.2 Å². The lowest BCUT2D eigenvalue weighted by molar-refractivity contribution is -0.114. The van der Waals surface area contributed by atoms with Gasteiger partial charge in [0.25, 0.3) is 0 Å². The number of aryl methyl sites for hydroxylation is 1. The summed E-state index contributed by atoms with van der Waals surface area (Å²) >= 11 is -0.369. The molecule has 1 heterocycles. The van der Waals surface area contributed by atoms with Gasteiger partial charge in [0, 0.05) is 6.61 Å². The zero-order valence-corrected chi connectivity index (χ0v) is 13.4. The second-order valence-electron chi connectivity index (χ2n) is 5.23. The Kier molecular flexibility index (Phi) is 6.17. The molecule has 1 aliphatic heterocycles. The van der Waals surface area contributed by atoms with E-state index in [1.165, 1.54) is 0 Å². The Hall–Kier alpha value is -1.41. The molecule has 2 rings (SSSR count). The maximum atomic E-state index is 12.1. The summed E-state index contributed by atoms with van der Waals surface area (Å²) in [6.07, 6.45) is 1.91. The molecule has 0 saturated carbocycles. The summed E-state index contributed by atoms with van der Waals surface area (Å²) in [4.78, 5) is 11.6. The molecule has 23 heavy (non-hydrogen) atoms. The highest BCUT2D eigenvalue weighted by Gasteiger charge is 2.29. The molecule has 1 N–H and O–H groups in total. The van der Waals surface area contributed by atoms with Gasteiger partial charge in [0.2, 0.25) is 5.91 Å². The van der Waals surface area contributed by atoms with E-state index in [1.54, 1.807) is 18.2 Å². The molecular weight excluding hydrogens is 331 g/mol. The maximum Gasteiger partial charge on any atom is 0.442 e. The number of thioether (sulfide) groups is 1. The van der Waals surface area contributed by atoms with Crippen LogP contribution in [0.1, 0.15) is 18.4 Å².